The maximum Gasteiger partial charge on any atom is 0.573 e. The van der Waals surface area contributed by atoms with E-state index in [4.69, 9.17) is 0 Å². The van der Waals surface area contributed by atoms with E-state index in [1.165, 1.54) is 17.0 Å². The van der Waals surface area contributed by atoms with Gasteiger partial charge >= 0.3 is 29.6 Å². The minimum atomic E-state index is -7.07. The van der Waals surface area contributed by atoms with E-state index in [0.29, 0.717) is 18.5 Å². The summed E-state index contributed by atoms with van der Waals surface area (Å²) in [5.41, 5.74) is 0.499. The van der Waals surface area contributed by atoms with Crippen molar-refractivity contribution >= 4 is 29.0 Å². The van der Waals surface area contributed by atoms with Crippen molar-refractivity contribution in [2.45, 2.75) is 48.4 Å². The molecule has 1 fully saturated rings. The molecule has 0 bridgehead atoms. The number of alkyl halides is 12. The van der Waals surface area contributed by atoms with Crippen LogP contribution in [0.25, 0.3) is 11.0 Å². The Balaban J connectivity index is 1.42. The second kappa shape index (κ2) is 11.7. The largest absolute Gasteiger partial charge is 0.573 e. The number of hydrogen-bond donors (Lipinski definition) is 0. The van der Waals surface area contributed by atoms with Gasteiger partial charge in [-0.25, -0.2) is 15.0 Å². The summed E-state index contributed by atoms with van der Waals surface area (Å²) in [7, 11) is 0. The number of hydrogen-bond acceptors (Lipinski definition) is 7. The van der Waals surface area contributed by atoms with Crippen molar-refractivity contribution in [3.05, 3.63) is 54.1 Å². The third-order valence-corrected chi connectivity index (χ3v) is 7.08. The Bertz CT molecular complexity index is 1490. The standard InChI is InChI=1S/C24H16F12N4O3S/c25-20(26,22(29,30)31)21(27,28)23(32,33)44-43-15-9-16-18(37-10-15)17(39-11-38-16)12-5-7-40(8-6-12)19(41)13-1-3-14(4-2-13)42-24(34,35)36/h1-4,9-12H,5-8H2. The molecule has 1 saturated heterocycles. The fourth-order valence-corrected chi connectivity index (χ4v) is 4.67. The van der Waals surface area contributed by atoms with Crippen LogP contribution in [0.5, 0.6) is 11.5 Å². The second-order valence-corrected chi connectivity index (χ2v) is 10.1. The van der Waals surface area contributed by atoms with Crippen molar-refractivity contribution in [1.29, 1.82) is 0 Å². The molecule has 2 aromatic heterocycles. The monoisotopic (exact) mass is 668 g/mol. The molecule has 0 N–H and O–H groups in total. The lowest BCUT2D eigenvalue weighted by atomic mass is 9.92. The number of fused-ring (bicyclic) bond motifs is 1. The van der Waals surface area contributed by atoms with E-state index in [0.717, 1.165) is 30.7 Å². The molecule has 44 heavy (non-hydrogen) atoms. The number of carbonyl (C=O) groups excluding carboxylic acids is 1. The Morgan fingerprint density at radius 2 is 1.43 bits per heavy atom. The number of benzene rings is 1. The van der Waals surface area contributed by atoms with Crippen LogP contribution in [-0.4, -0.2) is 68.5 Å². The predicted molar refractivity (Wildman–Crippen MR) is 127 cm³/mol. The van der Waals surface area contributed by atoms with E-state index >= 15 is 0 Å². The zero-order valence-corrected chi connectivity index (χ0v) is 22.2. The van der Waals surface area contributed by atoms with Crippen LogP contribution in [0.1, 0.15) is 34.8 Å². The predicted octanol–water partition coefficient (Wildman–Crippen LogP) is 7.40. The van der Waals surface area contributed by atoms with Crippen molar-refractivity contribution in [3.8, 4) is 11.5 Å². The van der Waals surface area contributed by atoms with E-state index in [-0.39, 0.29) is 35.6 Å². The number of pyridine rings is 1. The van der Waals surface area contributed by atoms with Gasteiger partial charge in [-0.3, -0.25) is 4.79 Å². The van der Waals surface area contributed by atoms with Gasteiger partial charge in [-0.05, 0) is 37.1 Å². The van der Waals surface area contributed by atoms with E-state index in [9.17, 15) is 57.5 Å². The topological polar surface area (TPSA) is 77.4 Å². The van der Waals surface area contributed by atoms with E-state index in [2.05, 4.69) is 23.9 Å². The first-order valence-electron chi connectivity index (χ1n) is 12.0. The number of ether oxygens (including phenoxy) is 1. The molecule has 3 heterocycles. The number of nitrogens with zero attached hydrogens (tertiary/aromatic N) is 4. The summed E-state index contributed by atoms with van der Waals surface area (Å²) in [6.07, 6.45) is -9.43. The fourth-order valence-electron chi connectivity index (χ4n) is 4.14. The Kier molecular flexibility index (Phi) is 8.79. The molecule has 4 rings (SSSR count). The molecule has 7 nitrogen and oxygen atoms in total. The first-order valence-corrected chi connectivity index (χ1v) is 12.8. The van der Waals surface area contributed by atoms with Gasteiger partial charge in [0.15, 0.2) is 5.75 Å². The van der Waals surface area contributed by atoms with Gasteiger partial charge in [0, 0.05) is 30.6 Å². The third kappa shape index (κ3) is 6.68. The van der Waals surface area contributed by atoms with Gasteiger partial charge in [-0.1, -0.05) is 0 Å². The molecular formula is C24H16F12N4O3S. The van der Waals surface area contributed by atoms with Gasteiger partial charge in [0.2, 0.25) is 0 Å². The van der Waals surface area contributed by atoms with Crippen LogP contribution in [0.4, 0.5) is 52.7 Å². The molecule has 1 aliphatic rings. The summed E-state index contributed by atoms with van der Waals surface area (Å²) in [4.78, 5) is 26.2. The Hall–Kier alpha value is -3.71. The van der Waals surface area contributed by atoms with Gasteiger partial charge < -0.3 is 13.8 Å². The van der Waals surface area contributed by atoms with Crippen molar-refractivity contribution in [2.24, 2.45) is 0 Å². The average Bonchev–Trinajstić information content (AvgIpc) is 2.94. The zero-order chi connectivity index (χ0) is 32.7. The normalized spacial score (nSPS) is 15.9. The van der Waals surface area contributed by atoms with Gasteiger partial charge in [-0.2, -0.15) is 39.5 Å². The third-order valence-electron chi connectivity index (χ3n) is 6.34. The van der Waals surface area contributed by atoms with Crippen LogP contribution in [-0.2, 0) is 0 Å². The highest BCUT2D eigenvalue weighted by Crippen LogP contribution is 2.56. The first-order chi connectivity index (χ1) is 20.2. The number of aromatic nitrogens is 3. The van der Waals surface area contributed by atoms with Crippen LogP contribution in [0.2, 0.25) is 0 Å². The minimum Gasteiger partial charge on any atom is -0.418 e. The molecule has 0 unspecified atom stereocenters. The average molecular weight is 668 g/mol. The van der Waals surface area contributed by atoms with Crippen LogP contribution < -0.4 is 8.92 Å². The number of rotatable bonds is 8. The summed E-state index contributed by atoms with van der Waals surface area (Å²) >= 11 is -1.61. The minimum absolute atomic E-state index is 0.0662. The molecule has 0 saturated carbocycles. The van der Waals surface area contributed by atoms with Crippen molar-refractivity contribution in [3.63, 3.8) is 0 Å². The van der Waals surface area contributed by atoms with Crippen molar-refractivity contribution in [2.75, 3.05) is 13.1 Å². The molecular weight excluding hydrogens is 652 g/mol. The summed E-state index contributed by atoms with van der Waals surface area (Å²) in [5.74, 6) is -15.9. The number of carbonyl (C=O) groups is 1. The highest BCUT2D eigenvalue weighted by Gasteiger charge is 2.82. The molecule has 0 aliphatic carbocycles. The van der Waals surface area contributed by atoms with Crippen LogP contribution in [0, 0.1) is 0 Å². The SMILES string of the molecule is O=C(c1ccc(OC(F)(F)F)cc1)N1CCC(c2ncnc3cc(OSC(F)(F)C(F)(F)C(F)(F)C(F)(F)F)cnc23)CC1. The summed E-state index contributed by atoms with van der Waals surface area (Å²) in [6.45, 7) is 0.388. The lowest BCUT2D eigenvalue weighted by Crippen LogP contribution is -2.59. The highest BCUT2D eigenvalue weighted by molar-refractivity contribution is 7.96. The summed E-state index contributed by atoms with van der Waals surface area (Å²) in [6, 6.07) is 5.24. The van der Waals surface area contributed by atoms with E-state index in [1.54, 1.807) is 0 Å². The lowest BCUT2D eigenvalue weighted by Gasteiger charge is -2.32. The molecule has 20 heteroatoms. The maximum absolute atomic E-state index is 13.8. The van der Waals surface area contributed by atoms with Gasteiger partial charge in [0.25, 0.3) is 5.91 Å². The van der Waals surface area contributed by atoms with E-state index < -0.39 is 59.1 Å². The molecule has 0 spiro atoms. The first kappa shape index (κ1) is 33.2. The van der Waals surface area contributed by atoms with Crippen molar-refractivity contribution < 1.29 is 66.4 Å². The summed E-state index contributed by atoms with van der Waals surface area (Å²) in [5, 5.41) is -6.03. The molecule has 1 aliphatic heterocycles. The summed E-state index contributed by atoms with van der Waals surface area (Å²) < 4.78 is 163. The van der Waals surface area contributed by atoms with Gasteiger partial charge in [0.1, 0.15) is 29.6 Å². The highest BCUT2D eigenvalue weighted by atomic mass is 32.2. The van der Waals surface area contributed by atoms with Gasteiger partial charge in [-0.15, -0.1) is 13.2 Å². The van der Waals surface area contributed by atoms with E-state index in [1.807, 2.05) is 0 Å². The number of likely N-dealkylation sites (tertiary alicyclic amines) is 1. The quantitative estimate of drug-likeness (QED) is 0.183. The smallest absolute Gasteiger partial charge is 0.418 e. The second-order valence-electron chi connectivity index (χ2n) is 9.27. The fraction of sp³-hybridized carbons (Fsp3) is 0.417. The lowest BCUT2D eigenvalue weighted by molar-refractivity contribution is -0.381. The number of amides is 1. The number of piperidine rings is 1. The van der Waals surface area contributed by atoms with Gasteiger partial charge in [0.05, 0.1) is 17.4 Å². The van der Waals surface area contributed by atoms with Crippen LogP contribution in [0.15, 0.2) is 42.9 Å². The Morgan fingerprint density at radius 3 is 2.00 bits per heavy atom. The Morgan fingerprint density at radius 1 is 0.818 bits per heavy atom. The number of halogens is 12. The van der Waals surface area contributed by atoms with Crippen molar-refractivity contribution in [1.82, 2.24) is 19.9 Å². The van der Waals surface area contributed by atoms with Crippen LogP contribution in [0.3, 0.4) is 0 Å². The molecule has 1 aromatic carbocycles. The molecule has 1 amide bonds. The molecule has 3 aromatic rings. The maximum atomic E-state index is 13.8. The zero-order valence-electron chi connectivity index (χ0n) is 21.4. The molecule has 0 radical (unpaired) electrons. The molecule has 240 valence electrons. The Labute approximate surface area is 242 Å². The molecule has 0 atom stereocenters. The van der Waals surface area contributed by atoms with Crippen LogP contribution >= 0.6 is 12.0 Å².